The summed E-state index contributed by atoms with van der Waals surface area (Å²) >= 11 is 12.4. The van der Waals surface area contributed by atoms with Crippen LogP contribution in [0.4, 0.5) is 4.79 Å². The van der Waals surface area contributed by atoms with E-state index < -0.39 is 23.7 Å². The van der Waals surface area contributed by atoms with Crippen LogP contribution in [0.25, 0.3) is 0 Å². The van der Waals surface area contributed by atoms with E-state index in [0.29, 0.717) is 21.4 Å². The summed E-state index contributed by atoms with van der Waals surface area (Å²) in [5, 5.41) is 3.71. The molecule has 0 bridgehead atoms. The lowest BCUT2D eigenvalue weighted by Gasteiger charge is -2.23. The maximum absolute atomic E-state index is 12.9. The number of alkyl carbamates (subject to hydrolysis) is 1. The Labute approximate surface area is 227 Å². The molecule has 8 heteroatoms. The second-order valence-electron chi connectivity index (χ2n) is 9.63. The van der Waals surface area contributed by atoms with Crippen LogP contribution in [0.2, 0.25) is 10.0 Å². The molecule has 0 fully saturated rings. The fourth-order valence-corrected chi connectivity index (χ4v) is 3.87. The number of rotatable bonds is 9. The van der Waals surface area contributed by atoms with E-state index in [4.69, 9.17) is 37.4 Å². The fraction of sp³-hybridized carbons (Fsp3) is 0.310. The molecule has 0 saturated carbocycles. The van der Waals surface area contributed by atoms with Crippen molar-refractivity contribution in [1.82, 2.24) is 5.32 Å². The number of nitrogens with one attached hydrogen (secondary N) is 1. The van der Waals surface area contributed by atoms with Crippen molar-refractivity contribution in [1.29, 1.82) is 0 Å². The minimum absolute atomic E-state index is 0.100. The molecule has 3 aromatic carbocycles. The van der Waals surface area contributed by atoms with Gasteiger partial charge in [0.2, 0.25) is 0 Å². The van der Waals surface area contributed by atoms with Crippen LogP contribution in [0.5, 0.6) is 5.75 Å². The molecule has 1 N–H and O–H groups in total. The molecule has 1 atom stereocenters. The zero-order chi connectivity index (χ0) is 27.0. The molecule has 0 unspecified atom stereocenters. The summed E-state index contributed by atoms with van der Waals surface area (Å²) in [6, 6.07) is 19.2. The summed E-state index contributed by atoms with van der Waals surface area (Å²) < 4.78 is 16.7. The largest absolute Gasteiger partial charge is 0.489 e. The van der Waals surface area contributed by atoms with Crippen molar-refractivity contribution in [2.45, 2.75) is 59.0 Å². The summed E-state index contributed by atoms with van der Waals surface area (Å²) in [4.78, 5) is 25.4. The first-order valence-corrected chi connectivity index (χ1v) is 12.6. The minimum atomic E-state index is -0.936. The van der Waals surface area contributed by atoms with Crippen LogP contribution in [0.3, 0.4) is 0 Å². The minimum Gasteiger partial charge on any atom is -0.489 e. The van der Waals surface area contributed by atoms with Gasteiger partial charge in [0, 0.05) is 22.0 Å². The van der Waals surface area contributed by atoms with Crippen LogP contribution < -0.4 is 10.1 Å². The number of amides is 1. The van der Waals surface area contributed by atoms with Crippen molar-refractivity contribution in [3.63, 3.8) is 0 Å². The van der Waals surface area contributed by atoms with Gasteiger partial charge in [0.05, 0.1) is 0 Å². The Morgan fingerprint density at radius 1 is 0.865 bits per heavy atom. The number of halogens is 2. The number of esters is 1. The van der Waals surface area contributed by atoms with E-state index in [-0.39, 0.29) is 19.6 Å². The van der Waals surface area contributed by atoms with Crippen LogP contribution >= 0.6 is 23.2 Å². The smallest absolute Gasteiger partial charge is 0.408 e. The average molecular weight is 544 g/mol. The highest BCUT2D eigenvalue weighted by molar-refractivity contribution is 6.35. The van der Waals surface area contributed by atoms with Crippen molar-refractivity contribution in [3.8, 4) is 5.75 Å². The third kappa shape index (κ3) is 9.30. The zero-order valence-corrected chi connectivity index (χ0v) is 22.9. The molecule has 0 saturated heterocycles. The van der Waals surface area contributed by atoms with Gasteiger partial charge in [-0.05, 0) is 63.1 Å². The lowest BCUT2D eigenvalue weighted by Crippen LogP contribution is -2.45. The van der Waals surface area contributed by atoms with Gasteiger partial charge in [-0.25, -0.2) is 9.59 Å². The van der Waals surface area contributed by atoms with E-state index in [9.17, 15) is 9.59 Å². The van der Waals surface area contributed by atoms with E-state index in [2.05, 4.69) is 5.32 Å². The number of carbonyl (C=O) groups is 2. The van der Waals surface area contributed by atoms with Gasteiger partial charge in [0.1, 0.15) is 30.6 Å². The molecule has 3 aromatic rings. The highest BCUT2D eigenvalue weighted by atomic mass is 35.5. The molecule has 6 nitrogen and oxygen atoms in total. The second-order valence-corrected chi connectivity index (χ2v) is 10.4. The molecule has 0 aliphatic carbocycles. The maximum atomic E-state index is 12.9. The fourth-order valence-electron chi connectivity index (χ4n) is 3.37. The van der Waals surface area contributed by atoms with Crippen LogP contribution in [0.15, 0.2) is 66.7 Å². The van der Waals surface area contributed by atoms with Gasteiger partial charge in [0.15, 0.2) is 0 Å². The topological polar surface area (TPSA) is 73.9 Å². The molecule has 196 valence electrons. The Hall–Kier alpha value is -3.22. The van der Waals surface area contributed by atoms with Gasteiger partial charge < -0.3 is 19.5 Å². The van der Waals surface area contributed by atoms with Gasteiger partial charge in [-0.3, -0.25) is 0 Å². The van der Waals surface area contributed by atoms with E-state index in [0.717, 1.165) is 16.7 Å². The SMILES string of the molecule is Cc1ccc(COC(=O)[C@H](Cc2ccc(OCc3c(Cl)cccc3Cl)cc2)NC(=O)OC(C)(C)C)cc1. The first kappa shape index (κ1) is 28.4. The lowest BCUT2D eigenvalue weighted by molar-refractivity contribution is -0.147. The zero-order valence-electron chi connectivity index (χ0n) is 21.3. The molecular weight excluding hydrogens is 513 g/mol. The van der Waals surface area contributed by atoms with E-state index in [1.807, 2.05) is 43.3 Å². The van der Waals surface area contributed by atoms with Crippen molar-refractivity contribution in [2.24, 2.45) is 0 Å². The Bertz CT molecular complexity index is 1180. The number of benzene rings is 3. The normalized spacial score (nSPS) is 11.9. The van der Waals surface area contributed by atoms with Crippen LogP contribution in [0, 0.1) is 6.92 Å². The van der Waals surface area contributed by atoms with E-state index in [1.54, 1.807) is 51.1 Å². The molecule has 0 spiro atoms. The summed E-state index contributed by atoms with van der Waals surface area (Å²) in [7, 11) is 0. The average Bonchev–Trinajstić information content (AvgIpc) is 2.82. The highest BCUT2D eigenvalue weighted by Crippen LogP contribution is 2.26. The molecule has 0 aromatic heterocycles. The number of carbonyl (C=O) groups excluding carboxylic acids is 2. The van der Waals surface area contributed by atoms with E-state index >= 15 is 0 Å². The summed E-state index contributed by atoms with van der Waals surface area (Å²) in [6.07, 6.45) is -0.482. The molecule has 3 rings (SSSR count). The maximum Gasteiger partial charge on any atom is 0.408 e. The quantitative estimate of drug-likeness (QED) is 0.292. The van der Waals surface area contributed by atoms with Gasteiger partial charge in [-0.1, -0.05) is 71.2 Å². The summed E-state index contributed by atoms with van der Waals surface area (Å²) in [5.74, 6) is 0.0541. The lowest BCUT2D eigenvalue weighted by atomic mass is 10.1. The number of hydrogen-bond acceptors (Lipinski definition) is 5. The van der Waals surface area contributed by atoms with Gasteiger partial charge in [-0.15, -0.1) is 0 Å². The van der Waals surface area contributed by atoms with Crippen molar-refractivity contribution < 1.29 is 23.8 Å². The first-order valence-electron chi connectivity index (χ1n) is 11.9. The Morgan fingerprint density at radius 2 is 1.46 bits per heavy atom. The summed E-state index contributed by atoms with van der Waals surface area (Å²) in [5.41, 5.74) is 2.77. The molecule has 0 aliphatic heterocycles. The number of hydrogen-bond donors (Lipinski definition) is 1. The molecule has 1 amide bonds. The molecular formula is C29H31Cl2NO5. The Balaban J connectivity index is 1.66. The standard InChI is InChI=1S/C29H31Cl2NO5/c1-19-8-10-21(11-9-19)17-36-27(33)26(32-28(34)37-29(2,3)4)16-20-12-14-22(15-13-20)35-18-23-24(30)6-5-7-25(23)31/h5-15,26H,16-18H2,1-4H3,(H,32,34)/t26-/m0/s1. The molecule has 0 heterocycles. The Kier molecular flexibility index (Phi) is 9.84. The van der Waals surface area contributed by atoms with E-state index in [1.165, 1.54) is 0 Å². The predicted octanol–water partition coefficient (Wildman–Crippen LogP) is 7.06. The highest BCUT2D eigenvalue weighted by Gasteiger charge is 2.26. The van der Waals surface area contributed by atoms with Gasteiger partial charge in [-0.2, -0.15) is 0 Å². The predicted molar refractivity (Wildman–Crippen MR) is 145 cm³/mol. The third-order valence-electron chi connectivity index (χ3n) is 5.29. The molecule has 0 radical (unpaired) electrons. The van der Waals surface area contributed by atoms with Crippen molar-refractivity contribution in [3.05, 3.63) is 99.0 Å². The van der Waals surface area contributed by atoms with Crippen LogP contribution in [-0.2, 0) is 33.9 Å². The number of aryl methyl sites for hydroxylation is 1. The van der Waals surface area contributed by atoms with Crippen LogP contribution in [-0.4, -0.2) is 23.7 Å². The monoisotopic (exact) mass is 543 g/mol. The molecule has 37 heavy (non-hydrogen) atoms. The third-order valence-corrected chi connectivity index (χ3v) is 5.99. The van der Waals surface area contributed by atoms with Gasteiger partial charge >= 0.3 is 12.1 Å². The second kappa shape index (κ2) is 12.8. The molecule has 0 aliphatic rings. The first-order chi connectivity index (χ1) is 17.5. The van der Waals surface area contributed by atoms with Crippen LogP contribution in [0.1, 0.15) is 43.0 Å². The van der Waals surface area contributed by atoms with Crippen molar-refractivity contribution in [2.75, 3.05) is 0 Å². The van der Waals surface area contributed by atoms with Crippen molar-refractivity contribution >= 4 is 35.3 Å². The summed E-state index contributed by atoms with van der Waals surface area (Å²) in [6.45, 7) is 7.57. The van der Waals surface area contributed by atoms with Gasteiger partial charge in [0.25, 0.3) is 0 Å². The number of ether oxygens (including phenoxy) is 3. The Morgan fingerprint density at radius 3 is 2.05 bits per heavy atom.